The van der Waals surface area contributed by atoms with Gasteiger partial charge in [-0.1, -0.05) is 15.9 Å². The van der Waals surface area contributed by atoms with Crippen LogP contribution in [0.4, 0.5) is 10.2 Å². The number of hydrazine groups is 1. The van der Waals surface area contributed by atoms with Crippen LogP contribution in [0.5, 0.6) is 0 Å². The van der Waals surface area contributed by atoms with Gasteiger partial charge in [-0.25, -0.2) is 15.2 Å². The Bertz CT molecular complexity index is 636. The van der Waals surface area contributed by atoms with E-state index in [1.165, 1.54) is 6.07 Å². The number of nitrogens with two attached hydrogens (primary N) is 1. The van der Waals surface area contributed by atoms with Crippen molar-refractivity contribution >= 4 is 21.7 Å². The Kier molecular flexibility index (Phi) is 3.55. The lowest BCUT2D eigenvalue weighted by molar-refractivity contribution is 0.630. The quantitative estimate of drug-likeness (QED) is 0.661. The molecule has 0 aliphatic rings. The van der Waals surface area contributed by atoms with Crippen molar-refractivity contribution in [2.45, 2.75) is 0 Å². The van der Waals surface area contributed by atoms with Crippen molar-refractivity contribution in [1.82, 2.24) is 4.98 Å². The lowest BCUT2D eigenvalue weighted by Gasteiger charge is -2.07. The van der Waals surface area contributed by atoms with Crippen LogP contribution in [-0.2, 0) is 0 Å². The second-order valence-electron chi connectivity index (χ2n) is 3.47. The molecule has 0 spiro atoms. The van der Waals surface area contributed by atoms with Gasteiger partial charge in [-0.2, -0.15) is 5.26 Å². The van der Waals surface area contributed by atoms with Gasteiger partial charge in [-0.3, -0.25) is 0 Å². The molecule has 0 aliphatic carbocycles. The normalized spacial score (nSPS) is 9.89. The first-order valence-corrected chi connectivity index (χ1v) is 5.78. The summed E-state index contributed by atoms with van der Waals surface area (Å²) in [5.74, 6) is 5.09. The highest BCUT2D eigenvalue weighted by Gasteiger charge is 2.10. The molecular formula is C12H8BrFN4. The Morgan fingerprint density at radius 2 is 2.11 bits per heavy atom. The number of rotatable bonds is 2. The minimum Gasteiger partial charge on any atom is -0.307 e. The Morgan fingerprint density at radius 1 is 1.33 bits per heavy atom. The summed E-state index contributed by atoms with van der Waals surface area (Å²) in [5.41, 5.74) is 3.38. The number of nitrogens with one attached hydrogen (secondary N) is 1. The molecule has 0 radical (unpaired) electrons. The summed E-state index contributed by atoms with van der Waals surface area (Å²) in [6, 6.07) is 9.73. The van der Waals surface area contributed by atoms with Gasteiger partial charge in [0.1, 0.15) is 11.9 Å². The highest BCUT2D eigenvalue weighted by Crippen LogP contribution is 2.26. The Balaban J connectivity index is 2.55. The number of pyridine rings is 1. The summed E-state index contributed by atoms with van der Waals surface area (Å²) in [6.07, 6.45) is 0. The average Bonchev–Trinajstić information content (AvgIpc) is 2.38. The molecule has 0 saturated carbocycles. The Morgan fingerprint density at radius 3 is 2.72 bits per heavy atom. The van der Waals surface area contributed by atoms with Crippen LogP contribution >= 0.6 is 15.9 Å². The topological polar surface area (TPSA) is 74.7 Å². The first-order chi connectivity index (χ1) is 8.65. The maximum Gasteiger partial charge on any atom is 0.158 e. The van der Waals surface area contributed by atoms with E-state index in [1.807, 2.05) is 6.07 Å². The third-order valence-corrected chi connectivity index (χ3v) is 2.85. The lowest BCUT2D eigenvalue weighted by atomic mass is 10.1. The molecule has 1 heterocycles. The predicted molar refractivity (Wildman–Crippen MR) is 69.9 cm³/mol. The van der Waals surface area contributed by atoms with E-state index in [0.29, 0.717) is 21.3 Å². The van der Waals surface area contributed by atoms with Crippen molar-refractivity contribution in [1.29, 1.82) is 5.26 Å². The second kappa shape index (κ2) is 5.12. The van der Waals surface area contributed by atoms with Crippen LogP contribution < -0.4 is 11.3 Å². The molecule has 0 aliphatic heterocycles. The van der Waals surface area contributed by atoms with Crippen LogP contribution in [0.2, 0.25) is 0 Å². The van der Waals surface area contributed by atoms with Gasteiger partial charge in [0.15, 0.2) is 5.82 Å². The van der Waals surface area contributed by atoms with Crippen LogP contribution in [0.1, 0.15) is 5.56 Å². The number of nitrogens with zero attached hydrogens (tertiary/aromatic N) is 2. The maximum atomic E-state index is 13.8. The van der Waals surface area contributed by atoms with Gasteiger partial charge >= 0.3 is 0 Å². The fourth-order valence-corrected chi connectivity index (χ4v) is 1.84. The molecular weight excluding hydrogens is 299 g/mol. The van der Waals surface area contributed by atoms with E-state index in [0.717, 1.165) is 0 Å². The van der Waals surface area contributed by atoms with Gasteiger partial charge in [0.05, 0.1) is 11.3 Å². The van der Waals surface area contributed by atoms with Gasteiger partial charge in [0.25, 0.3) is 0 Å². The van der Waals surface area contributed by atoms with Crippen LogP contribution in [0.25, 0.3) is 11.3 Å². The number of aromatic nitrogens is 1. The molecule has 6 heteroatoms. The third kappa shape index (κ3) is 2.32. The molecule has 0 atom stereocenters. The standard InChI is InChI=1S/C12H8BrFN4/c13-8-2-3-9(10(14)5-8)11-4-1-7(6-15)12(17-11)18-16/h1-5H,16H2,(H,17,18). The van der Waals surface area contributed by atoms with Crippen molar-refractivity contribution in [2.75, 3.05) is 5.43 Å². The average molecular weight is 307 g/mol. The molecule has 0 unspecified atom stereocenters. The number of hydrogen-bond acceptors (Lipinski definition) is 4. The highest BCUT2D eigenvalue weighted by molar-refractivity contribution is 9.10. The number of anilines is 1. The fraction of sp³-hybridized carbons (Fsp3) is 0. The molecule has 0 bridgehead atoms. The summed E-state index contributed by atoms with van der Waals surface area (Å²) in [5, 5.41) is 8.84. The van der Waals surface area contributed by atoms with E-state index in [4.69, 9.17) is 11.1 Å². The molecule has 4 nitrogen and oxygen atoms in total. The number of halogens is 2. The smallest absolute Gasteiger partial charge is 0.158 e. The van der Waals surface area contributed by atoms with Crippen LogP contribution in [0.3, 0.4) is 0 Å². The zero-order chi connectivity index (χ0) is 13.1. The lowest BCUT2D eigenvalue weighted by Crippen LogP contribution is -2.10. The van der Waals surface area contributed by atoms with E-state index in [-0.39, 0.29) is 5.82 Å². The maximum absolute atomic E-state index is 13.8. The summed E-state index contributed by atoms with van der Waals surface area (Å²) >= 11 is 3.18. The van der Waals surface area contributed by atoms with Gasteiger partial charge in [-0.15, -0.1) is 0 Å². The van der Waals surface area contributed by atoms with E-state index in [1.54, 1.807) is 24.3 Å². The van der Waals surface area contributed by atoms with Crippen LogP contribution in [0.15, 0.2) is 34.8 Å². The molecule has 1 aromatic carbocycles. The molecule has 90 valence electrons. The molecule has 2 aromatic rings. The number of nitriles is 1. The molecule has 0 saturated heterocycles. The second-order valence-corrected chi connectivity index (χ2v) is 4.39. The molecule has 3 N–H and O–H groups in total. The summed E-state index contributed by atoms with van der Waals surface area (Å²) in [4.78, 5) is 4.11. The minimum absolute atomic E-state index is 0.220. The summed E-state index contributed by atoms with van der Waals surface area (Å²) in [7, 11) is 0. The van der Waals surface area contributed by atoms with E-state index < -0.39 is 5.82 Å². The fourth-order valence-electron chi connectivity index (χ4n) is 1.51. The Hall–Kier alpha value is -1.97. The third-order valence-electron chi connectivity index (χ3n) is 2.36. The van der Waals surface area contributed by atoms with Crippen molar-refractivity contribution in [3.05, 3.63) is 46.2 Å². The molecule has 1 aromatic heterocycles. The number of nitrogen functional groups attached to an aromatic ring is 1. The largest absolute Gasteiger partial charge is 0.307 e. The molecule has 0 fully saturated rings. The van der Waals surface area contributed by atoms with Crippen molar-refractivity contribution in [2.24, 2.45) is 5.84 Å². The number of benzene rings is 1. The van der Waals surface area contributed by atoms with Gasteiger partial charge in [0, 0.05) is 10.0 Å². The first kappa shape index (κ1) is 12.5. The minimum atomic E-state index is -0.399. The molecule has 18 heavy (non-hydrogen) atoms. The van der Waals surface area contributed by atoms with Crippen molar-refractivity contribution in [3.63, 3.8) is 0 Å². The first-order valence-electron chi connectivity index (χ1n) is 4.99. The SMILES string of the molecule is N#Cc1ccc(-c2ccc(Br)cc2F)nc1NN. The molecule has 2 rings (SSSR count). The zero-order valence-corrected chi connectivity index (χ0v) is 10.7. The van der Waals surface area contributed by atoms with Crippen LogP contribution in [-0.4, -0.2) is 4.98 Å². The van der Waals surface area contributed by atoms with Crippen LogP contribution in [0, 0.1) is 17.1 Å². The number of hydrogen-bond donors (Lipinski definition) is 2. The van der Waals surface area contributed by atoms with Gasteiger partial charge in [0.2, 0.25) is 0 Å². The van der Waals surface area contributed by atoms with E-state index in [2.05, 4.69) is 26.3 Å². The highest BCUT2D eigenvalue weighted by atomic mass is 79.9. The summed E-state index contributed by atoms with van der Waals surface area (Å²) in [6.45, 7) is 0. The molecule has 0 amide bonds. The monoisotopic (exact) mass is 306 g/mol. The van der Waals surface area contributed by atoms with E-state index in [9.17, 15) is 4.39 Å². The zero-order valence-electron chi connectivity index (χ0n) is 9.11. The van der Waals surface area contributed by atoms with Crippen molar-refractivity contribution < 1.29 is 4.39 Å². The summed E-state index contributed by atoms with van der Waals surface area (Å²) < 4.78 is 14.4. The predicted octanol–water partition coefficient (Wildman–Crippen LogP) is 2.81. The van der Waals surface area contributed by atoms with Gasteiger partial charge < -0.3 is 5.43 Å². The van der Waals surface area contributed by atoms with E-state index >= 15 is 0 Å². The Labute approximate surface area is 111 Å². The van der Waals surface area contributed by atoms with Gasteiger partial charge in [-0.05, 0) is 30.3 Å². The van der Waals surface area contributed by atoms with Crippen molar-refractivity contribution in [3.8, 4) is 17.3 Å².